The van der Waals surface area contributed by atoms with Crippen molar-refractivity contribution in [2.75, 3.05) is 18.0 Å². The van der Waals surface area contributed by atoms with Crippen LogP contribution in [-0.4, -0.2) is 33.7 Å². The van der Waals surface area contributed by atoms with Gasteiger partial charge in [-0.15, -0.1) is 0 Å². The third kappa shape index (κ3) is 1.84. The van der Waals surface area contributed by atoms with Crippen molar-refractivity contribution in [3.05, 3.63) is 24.2 Å². The molecule has 1 unspecified atom stereocenters. The van der Waals surface area contributed by atoms with E-state index in [-0.39, 0.29) is 6.04 Å². The molecule has 96 valence electrons. The summed E-state index contributed by atoms with van der Waals surface area (Å²) in [5.74, 6) is 1.43. The number of hydrogen-bond acceptors (Lipinski definition) is 4. The molecular weight excluding hydrogens is 226 g/mol. The summed E-state index contributed by atoms with van der Waals surface area (Å²) in [5, 5.41) is 4.58. The summed E-state index contributed by atoms with van der Waals surface area (Å²) in [6.45, 7) is 6.17. The summed E-state index contributed by atoms with van der Waals surface area (Å²) in [4.78, 5) is 6.76. The van der Waals surface area contributed by atoms with Gasteiger partial charge in [-0.3, -0.25) is 0 Å². The first-order valence-electron chi connectivity index (χ1n) is 6.50. The molecule has 5 nitrogen and oxygen atoms in total. The van der Waals surface area contributed by atoms with Crippen molar-refractivity contribution in [1.29, 1.82) is 0 Å². The van der Waals surface area contributed by atoms with Gasteiger partial charge in [-0.2, -0.15) is 5.10 Å². The van der Waals surface area contributed by atoms with Crippen LogP contribution in [0.5, 0.6) is 0 Å². The Morgan fingerprint density at radius 2 is 2.28 bits per heavy atom. The van der Waals surface area contributed by atoms with Crippen molar-refractivity contribution >= 4 is 11.3 Å². The predicted molar refractivity (Wildman–Crippen MR) is 71.9 cm³/mol. The van der Waals surface area contributed by atoms with E-state index in [2.05, 4.69) is 34.9 Å². The monoisotopic (exact) mass is 245 g/mol. The van der Waals surface area contributed by atoms with E-state index in [1.807, 2.05) is 16.9 Å². The van der Waals surface area contributed by atoms with Crippen LogP contribution >= 0.6 is 0 Å². The van der Waals surface area contributed by atoms with Gasteiger partial charge in [0.1, 0.15) is 5.52 Å². The summed E-state index contributed by atoms with van der Waals surface area (Å²) < 4.78 is 1.92. The molecule has 0 spiro atoms. The number of nitrogens with zero attached hydrogens (tertiary/aromatic N) is 4. The summed E-state index contributed by atoms with van der Waals surface area (Å²) >= 11 is 0. The third-order valence-corrected chi connectivity index (χ3v) is 3.50. The van der Waals surface area contributed by atoms with Gasteiger partial charge in [0.15, 0.2) is 5.82 Å². The molecule has 1 aliphatic heterocycles. The Kier molecular flexibility index (Phi) is 2.70. The second-order valence-corrected chi connectivity index (χ2v) is 5.30. The van der Waals surface area contributed by atoms with Crippen LogP contribution < -0.4 is 10.6 Å². The molecule has 2 aromatic heterocycles. The van der Waals surface area contributed by atoms with Gasteiger partial charge in [0.05, 0.1) is 5.69 Å². The Morgan fingerprint density at radius 1 is 1.44 bits per heavy atom. The van der Waals surface area contributed by atoms with Gasteiger partial charge < -0.3 is 10.6 Å². The lowest BCUT2D eigenvalue weighted by Gasteiger charge is -2.17. The van der Waals surface area contributed by atoms with Gasteiger partial charge in [0, 0.05) is 31.5 Å². The average Bonchev–Trinajstić information content (AvgIpc) is 2.94. The van der Waals surface area contributed by atoms with Crippen molar-refractivity contribution in [2.24, 2.45) is 5.73 Å². The average molecular weight is 245 g/mol. The number of rotatable bonds is 2. The standard InChI is InChI=1S/C13H19N5/c1-9(2)11-7-12-13(15-4-6-18(12)16-11)17-5-3-10(14)8-17/h4,6-7,9-10H,3,5,8,14H2,1-2H3. The molecule has 0 radical (unpaired) electrons. The molecule has 2 aromatic rings. The second-order valence-electron chi connectivity index (χ2n) is 5.30. The normalized spacial score (nSPS) is 20.2. The van der Waals surface area contributed by atoms with Crippen molar-refractivity contribution in [1.82, 2.24) is 14.6 Å². The molecule has 0 saturated carbocycles. The lowest BCUT2D eigenvalue weighted by atomic mass is 10.1. The molecule has 2 N–H and O–H groups in total. The highest BCUT2D eigenvalue weighted by Gasteiger charge is 2.22. The Balaban J connectivity index is 2.06. The molecule has 3 heterocycles. The van der Waals surface area contributed by atoms with Crippen LogP contribution in [0.2, 0.25) is 0 Å². The molecule has 1 fully saturated rings. The molecule has 1 atom stereocenters. The third-order valence-electron chi connectivity index (χ3n) is 3.50. The Bertz CT molecular complexity index is 560. The van der Waals surface area contributed by atoms with E-state index in [1.54, 1.807) is 0 Å². The molecular formula is C13H19N5. The van der Waals surface area contributed by atoms with Crippen LogP contribution in [0.25, 0.3) is 5.52 Å². The molecule has 1 aliphatic rings. The van der Waals surface area contributed by atoms with E-state index in [0.29, 0.717) is 5.92 Å². The first-order chi connectivity index (χ1) is 8.65. The van der Waals surface area contributed by atoms with Gasteiger partial charge in [0.2, 0.25) is 0 Å². The van der Waals surface area contributed by atoms with E-state index >= 15 is 0 Å². The van der Waals surface area contributed by atoms with Crippen LogP contribution in [-0.2, 0) is 0 Å². The van der Waals surface area contributed by atoms with E-state index < -0.39 is 0 Å². The minimum absolute atomic E-state index is 0.263. The topological polar surface area (TPSA) is 59.5 Å². The highest BCUT2D eigenvalue weighted by atomic mass is 15.3. The molecule has 0 amide bonds. The van der Waals surface area contributed by atoms with Gasteiger partial charge in [-0.25, -0.2) is 9.50 Å². The first kappa shape index (κ1) is 11.5. The molecule has 1 saturated heterocycles. The smallest absolute Gasteiger partial charge is 0.154 e. The van der Waals surface area contributed by atoms with Gasteiger partial charge in [-0.1, -0.05) is 13.8 Å². The van der Waals surface area contributed by atoms with Crippen molar-refractivity contribution in [2.45, 2.75) is 32.2 Å². The molecule has 0 aromatic carbocycles. The van der Waals surface area contributed by atoms with Gasteiger partial charge >= 0.3 is 0 Å². The highest BCUT2D eigenvalue weighted by Crippen LogP contribution is 2.25. The van der Waals surface area contributed by atoms with E-state index in [1.165, 1.54) is 0 Å². The molecule has 5 heteroatoms. The van der Waals surface area contributed by atoms with Crippen LogP contribution in [0.4, 0.5) is 5.82 Å². The maximum atomic E-state index is 5.97. The number of nitrogens with two attached hydrogens (primary N) is 1. The Labute approximate surface area is 107 Å². The van der Waals surface area contributed by atoms with E-state index in [0.717, 1.165) is 36.5 Å². The van der Waals surface area contributed by atoms with Crippen LogP contribution in [0.1, 0.15) is 31.9 Å². The zero-order chi connectivity index (χ0) is 12.7. The fraction of sp³-hybridized carbons (Fsp3) is 0.538. The summed E-state index contributed by atoms with van der Waals surface area (Å²) in [6.07, 6.45) is 4.75. The van der Waals surface area contributed by atoms with Crippen molar-refractivity contribution < 1.29 is 0 Å². The largest absolute Gasteiger partial charge is 0.353 e. The van der Waals surface area contributed by atoms with E-state index in [4.69, 9.17) is 5.73 Å². The number of anilines is 1. The van der Waals surface area contributed by atoms with Crippen molar-refractivity contribution in [3.63, 3.8) is 0 Å². The molecule has 18 heavy (non-hydrogen) atoms. The summed E-state index contributed by atoms with van der Waals surface area (Å²) in [5.41, 5.74) is 8.15. The summed E-state index contributed by atoms with van der Waals surface area (Å²) in [6, 6.07) is 2.40. The number of fused-ring (bicyclic) bond motifs is 1. The van der Waals surface area contributed by atoms with E-state index in [9.17, 15) is 0 Å². The first-order valence-corrected chi connectivity index (χ1v) is 6.50. The van der Waals surface area contributed by atoms with Gasteiger partial charge in [0.25, 0.3) is 0 Å². The number of hydrogen-bond donors (Lipinski definition) is 1. The Morgan fingerprint density at radius 3 is 2.94 bits per heavy atom. The minimum Gasteiger partial charge on any atom is -0.353 e. The highest BCUT2D eigenvalue weighted by molar-refractivity contribution is 5.69. The zero-order valence-electron chi connectivity index (χ0n) is 10.9. The van der Waals surface area contributed by atoms with Crippen LogP contribution in [0.15, 0.2) is 18.5 Å². The lowest BCUT2D eigenvalue weighted by molar-refractivity contribution is 0.751. The lowest BCUT2D eigenvalue weighted by Crippen LogP contribution is -2.27. The maximum absolute atomic E-state index is 5.97. The Hall–Kier alpha value is -1.62. The van der Waals surface area contributed by atoms with Crippen molar-refractivity contribution in [3.8, 4) is 0 Å². The van der Waals surface area contributed by atoms with Crippen LogP contribution in [0.3, 0.4) is 0 Å². The fourth-order valence-electron chi connectivity index (χ4n) is 2.43. The second kappa shape index (κ2) is 4.24. The van der Waals surface area contributed by atoms with Gasteiger partial charge in [-0.05, 0) is 18.4 Å². The summed E-state index contributed by atoms with van der Waals surface area (Å²) in [7, 11) is 0. The predicted octanol–water partition coefficient (Wildman–Crippen LogP) is 1.39. The molecule has 3 rings (SSSR count). The molecule has 0 aliphatic carbocycles. The SMILES string of the molecule is CC(C)c1cc2c(N3CCC(N)C3)nccn2n1. The fourth-order valence-corrected chi connectivity index (χ4v) is 2.43. The van der Waals surface area contributed by atoms with Crippen LogP contribution in [0, 0.1) is 0 Å². The number of aromatic nitrogens is 3. The maximum Gasteiger partial charge on any atom is 0.154 e. The minimum atomic E-state index is 0.263. The molecule has 0 bridgehead atoms. The zero-order valence-corrected chi connectivity index (χ0v) is 10.9. The quantitative estimate of drug-likeness (QED) is 0.868.